The zero-order chi connectivity index (χ0) is 10.9. The van der Waals surface area contributed by atoms with E-state index in [4.69, 9.17) is 0 Å². The summed E-state index contributed by atoms with van der Waals surface area (Å²) in [4.78, 5) is 0. The van der Waals surface area contributed by atoms with E-state index in [2.05, 4.69) is 27.4 Å². The highest BCUT2D eigenvalue weighted by molar-refractivity contribution is 7.75. The van der Waals surface area contributed by atoms with Gasteiger partial charge in [0.25, 0.3) is 0 Å². The standard InChI is InChI=1S/C13H30P.FH/c1-5-8-11-14(4,12-9-6-2)13-10-7-3;/h5-13H2,1-4H3;1H/q+1;/p-1. The third kappa shape index (κ3) is 9.30. The molecule has 94 valence electrons. The molecule has 0 bridgehead atoms. The van der Waals surface area contributed by atoms with Gasteiger partial charge in [-0.2, -0.15) is 0 Å². The summed E-state index contributed by atoms with van der Waals surface area (Å²) in [5.41, 5.74) is 0. The Morgan fingerprint density at radius 3 is 1.13 bits per heavy atom. The van der Waals surface area contributed by atoms with Gasteiger partial charge in [-0.1, -0.05) is 40.0 Å². The van der Waals surface area contributed by atoms with Gasteiger partial charge in [0.15, 0.2) is 0 Å². The molecule has 0 aliphatic rings. The zero-order valence-electron chi connectivity index (χ0n) is 11.2. The molecule has 0 heterocycles. The van der Waals surface area contributed by atoms with Crippen molar-refractivity contribution in [1.29, 1.82) is 0 Å². The Labute approximate surface area is 96.9 Å². The van der Waals surface area contributed by atoms with Gasteiger partial charge < -0.3 is 4.70 Å². The van der Waals surface area contributed by atoms with Crippen LogP contribution in [0.5, 0.6) is 0 Å². The van der Waals surface area contributed by atoms with Gasteiger partial charge in [0.2, 0.25) is 0 Å². The fraction of sp³-hybridized carbons (Fsp3) is 1.00. The van der Waals surface area contributed by atoms with Crippen LogP contribution in [0.25, 0.3) is 0 Å². The zero-order valence-corrected chi connectivity index (χ0v) is 12.1. The normalized spacial score (nSPS) is 11.2. The van der Waals surface area contributed by atoms with E-state index in [-0.39, 0.29) is 4.70 Å². The second-order valence-electron chi connectivity index (χ2n) is 4.85. The van der Waals surface area contributed by atoms with Crippen LogP contribution in [0.3, 0.4) is 0 Å². The number of hydrogen-bond donors (Lipinski definition) is 0. The molecule has 2 heteroatoms. The first-order chi connectivity index (χ1) is 6.68. The van der Waals surface area contributed by atoms with Crippen molar-refractivity contribution >= 4 is 7.26 Å². The molecule has 0 unspecified atom stereocenters. The number of hydrogen-bond acceptors (Lipinski definition) is 0. The van der Waals surface area contributed by atoms with Crippen LogP contribution in [-0.4, -0.2) is 25.2 Å². The van der Waals surface area contributed by atoms with Gasteiger partial charge in [0.05, 0.1) is 18.5 Å². The molecule has 0 aliphatic carbocycles. The molecule has 0 amide bonds. The number of halogens is 1. The highest BCUT2D eigenvalue weighted by Crippen LogP contribution is 2.57. The van der Waals surface area contributed by atoms with Crippen LogP contribution < -0.4 is 4.70 Å². The number of rotatable bonds is 9. The van der Waals surface area contributed by atoms with E-state index in [0.717, 1.165) is 0 Å². The lowest BCUT2D eigenvalue weighted by atomic mass is 10.4. The summed E-state index contributed by atoms with van der Waals surface area (Å²) in [5, 5.41) is 0. The van der Waals surface area contributed by atoms with Crippen LogP contribution in [0, 0.1) is 0 Å². The minimum atomic E-state index is -0.519. The topological polar surface area (TPSA) is 0 Å². The first kappa shape index (κ1) is 17.7. The third-order valence-corrected chi connectivity index (χ3v) is 7.34. The van der Waals surface area contributed by atoms with E-state index in [9.17, 15) is 0 Å². The molecule has 0 nitrogen and oxygen atoms in total. The largest absolute Gasteiger partial charge is 1.00 e. The fourth-order valence-electron chi connectivity index (χ4n) is 1.95. The predicted molar refractivity (Wildman–Crippen MR) is 72.2 cm³/mol. The molecule has 0 aliphatic heterocycles. The molecule has 0 saturated carbocycles. The molecular formula is C13H30FP. The maximum atomic E-state index is 2.62. The average molecular weight is 236 g/mol. The van der Waals surface area contributed by atoms with Crippen molar-refractivity contribution in [3.63, 3.8) is 0 Å². The van der Waals surface area contributed by atoms with E-state index in [1.54, 1.807) is 18.5 Å². The SMILES string of the molecule is CCCC[P+](C)(CCCC)CCCC.[F-]. The van der Waals surface area contributed by atoms with E-state index in [0.29, 0.717) is 0 Å². The first-order valence-corrected chi connectivity index (χ1v) is 9.31. The van der Waals surface area contributed by atoms with Gasteiger partial charge >= 0.3 is 0 Å². The minimum absolute atomic E-state index is 0. The lowest BCUT2D eigenvalue weighted by Crippen LogP contribution is -3.00. The molecule has 0 N–H and O–H groups in total. The second-order valence-corrected chi connectivity index (χ2v) is 9.43. The van der Waals surface area contributed by atoms with Crippen molar-refractivity contribution in [3.05, 3.63) is 0 Å². The third-order valence-electron chi connectivity index (χ3n) is 3.15. The Balaban J connectivity index is 0. The van der Waals surface area contributed by atoms with Gasteiger partial charge in [-0.3, -0.25) is 0 Å². The van der Waals surface area contributed by atoms with Crippen LogP contribution in [0.2, 0.25) is 0 Å². The van der Waals surface area contributed by atoms with E-state index in [1.165, 1.54) is 38.5 Å². The maximum absolute atomic E-state index is 2.62. The average Bonchev–Trinajstić information content (AvgIpc) is 2.21. The molecule has 0 saturated heterocycles. The molecule has 0 aromatic heterocycles. The summed E-state index contributed by atoms with van der Waals surface area (Å²) in [6.07, 6.45) is 13.2. The van der Waals surface area contributed by atoms with Crippen LogP contribution >= 0.6 is 7.26 Å². The van der Waals surface area contributed by atoms with Gasteiger partial charge in [0.1, 0.15) is 0 Å². The first-order valence-electron chi connectivity index (χ1n) is 6.52. The number of unbranched alkanes of at least 4 members (excludes halogenated alkanes) is 3. The van der Waals surface area contributed by atoms with Crippen molar-refractivity contribution < 1.29 is 4.70 Å². The van der Waals surface area contributed by atoms with Crippen LogP contribution in [-0.2, 0) is 0 Å². The van der Waals surface area contributed by atoms with Crippen molar-refractivity contribution in [2.75, 3.05) is 25.2 Å². The van der Waals surface area contributed by atoms with Gasteiger partial charge in [-0.15, -0.1) is 0 Å². The summed E-state index contributed by atoms with van der Waals surface area (Å²) in [6, 6.07) is 0. The monoisotopic (exact) mass is 236 g/mol. The molecule has 0 atom stereocenters. The smallest absolute Gasteiger partial charge is 0.0591 e. The summed E-state index contributed by atoms with van der Waals surface area (Å²) >= 11 is 0. The summed E-state index contributed by atoms with van der Waals surface area (Å²) < 4.78 is 0. The minimum Gasteiger partial charge on any atom is -1.00 e. The maximum Gasteiger partial charge on any atom is 0.0591 e. The van der Waals surface area contributed by atoms with Gasteiger partial charge in [-0.25, -0.2) is 0 Å². The molecule has 0 aromatic carbocycles. The molecule has 0 aromatic rings. The Kier molecular flexibility index (Phi) is 12.9. The van der Waals surface area contributed by atoms with Crippen molar-refractivity contribution in [2.45, 2.75) is 59.3 Å². The highest BCUT2D eigenvalue weighted by Gasteiger charge is 2.28. The Morgan fingerprint density at radius 1 is 0.667 bits per heavy atom. The van der Waals surface area contributed by atoms with E-state index in [1.807, 2.05) is 0 Å². The molecule has 0 spiro atoms. The van der Waals surface area contributed by atoms with E-state index >= 15 is 0 Å². The molecule has 0 rings (SSSR count). The molecule has 15 heavy (non-hydrogen) atoms. The fourth-order valence-corrected chi connectivity index (χ4v) is 5.86. The van der Waals surface area contributed by atoms with Crippen LogP contribution in [0.1, 0.15) is 59.3 Å². The van der Waals surface area contributed by atoms with E-state index < -0.39 is 7.26 Å². The van der Waals surface area contributed by atoms with Gasteiger partial charge in [-0.05, 0) is 19.3 Å². The summed E-state index contributed by atoms with van der Waals surface area (Å²) in [7, 11) is -0.519. The predicted octanol–water partition coefficient (Wildman–Crippen LogP) is 2.04. The van der Waals surface area contributed by atoms with Crippen molar-refractivity contribution in [3.8, 4) is 0 Å². The molecule has 0 fully saturated rings. The summed E-state index contributed by atoms with van der Waals surface area (Å²) in [6.45, 7) is 9.59. The van der Waals surface area contributed by atoms with Crippen LogP contribution in [0.15, 0.2) is 0 Å². The summed E-state index contributed by atoms with van der Waals surface area (Å²) in [5.74, 6) is 0. The van der Waals surface area contributed by atoms with Gasteiger partial charge in [0, 0.05) is 13.9 Å². The Hall–Kier alpha value is 0.360. The van der Waals surface area contributed by atoms with Crippen LogP contribution in [0.4, 0.5) is 0 Å². The highest BCUT2D eigenvalue weighted by atomic mass is 31.2. The molecule has 0 radical (unpaired) electrons. The second kappa shape index (κ2) is 10.9. The quantitative estimate of drug-likeness (QED) is 0.537. The lowest BCUT2D eigenvalue weighted by Gasteiger charge is -2.22. The Morgan fingerprint density at radius 2 is 0.933 bits per heavy atom. The lowest BCUT2D eigenvalue weighted by molar-refractivity contribution is -0.00000339. The Bertz CT molecular complexity index is 104. The van der Waals surface area contributed by atoms with Crippen molar-refractivity contribution in [2.24, 2.45) is 0 Å². The molecular weight excluding hydrogens is 206 g/mol. The van der Waals surface area contributed by atoms with Crippen molar-refractivity contribution in [1.82, 2.24) is 0 Å².